The van der Waals surface area contributed by atoms with Gasteiger partial charge in [-0.05, 0) is 37.6 Å². The first-order valence-corrected chi connectivity index (χ1v) is 9.56. The molecule has 1 aromatic rings. The lowest BCUT2D eigenvalue weighted by molar-refractivity contribution is -0.123. The standard InChI is InChI=1S/C20H30FN3O2/c1-3-4-5-6-16(2)22-19(25)15-23-11-13-24(14-12-23)20(26)17-7-9-18(21)10-8-17/h7-10,16H,3-6,11-15H2,1-2H3,(H,22,25). The van der Waals surface area contributed by atoms with Crippen LogP contribution in [0.3, 0.4) is 0 Å². The van der Waals surface area contributed by atoms with Gasteiger partial charge in [0, 0.05) is 37.8 Å². The van der Waals surface area contributed by atoms with Crippen molar-refractivity contribution in [3.63, 3.8) is 0 Å². The summed E-state index contributed by atoms with van der Waals surface area (Å²) >= 11 is 0. The van der Waals surface area contributed by atoms with Gasteiger partial charge in [0.25, 0.3) is 5.91 Å². The lowest BCUT2D eigenvalue weighted by Crippen LogP contribution is -2.51. The number of nitrogens with one attached hydrogen (secondary N) is 1. The van der Waals surface area contributed by atoms with Crippen LogP contribution in [0, 0.1) is 5.82 Å². The van der Waals surface area contributed by atoms with Gasteiger partial charge >= 0.3 is 0 Å². The summed E-state index contributed by atoms with van der Waals surface area (Å²) in [5.41, 5.74) is 0.499. The van der Waals surface area contributed by atoms with E-state index in [4.69, 9.17) is 0 Å². The second-order valence-electron chi connectivity index (χ2n) is 7.04. The molecule has 6 heteroatoms. The minimum absolute atomic E-state index is 0.0484. The van der Waals surface area contributed by atoms with Gasteiger partial charge in [-0.2, -0.15) is 0 Å². The van der Waals surface area contributed by atoms with Gasteiger partial charge < -0.3 is 10.2 Å². The number of halogens is 1. The van der Waals surface area contributed by atoms with Crippen molar-refractivity contribution in [3.8, 4) is 0 Å². The fraction of sp³-hybridized carbons (Fsp3) is 0.600. The summed E-state index contributed by atoms with van der Waals surface area (Å²) in [5, 5.41) is 3.05. The Morgan fingerprint density at radius 2 is 1.77 bits per heavy atom. The molecule has 1 aromatic carbocycles. The number of benzene rings is 1. The van der Waals surface area contributed by atoms with E-state index in [0.717, 1.165) is 12.8 Å². The zero-order valence-electron chi connectivity index (χ0n) is 15.8. The van der Waals surface area contributed by atoms with Gasteiger partial charge in [0.05, 0.1) is 6.54 Å². The number of unbranched alkanes of at least 4 members (excludes halogenated alkanes) is 2. The van der Waals surface area contributed by atoms with Gasteiger partial charge in [0.2, 0.25) is 5.91 Å². The maximum Gasteiger partial charge on any atom is 0.253 e. The van der Waals surface area contributed by atoms with E-state index in [1.807, 2.05) is 6.92 Å². The smallest absolute Gasteiger partial charge is 0.253 e. The largest absolute Gasteiger partial charge is 0.353 e. The number of nitrogens with zero attached hydrogens (tertiary/aromatic N) is 2. The van der Waals surface area contributed by atoms with Crippen LogP contribution in [0.25, 0.3) is 0 Å². The summed E-state index contributed by atoms with van der Waals surface area (Å²) in [6.07, 6.45) is 4.54. The molecule has 1 unspecified atom stereocenters. The van der Waals surface area contributed by atoms with Crippen molar-refractivity contribution in [2.24, 2.45) is 0 Å². The van der Waals surface area contributed by atoms with Crippen molar-refractivity contribution >= 4 is 11.8 Å². The third-order valence-corrected chi connectivity index (χ3v) is 4.77. The predicted octanol–water partition coefficient (Wildman–Crippen LogP) is 2.67. The Labute approximate surface area is 155 Å². The number of hydrogen-bond acceptors (Lipinski definition) is 3. The molecule has 1 atom stereocenters. The van der Waals surface area contributed by atoms with Crippen molar-refractivity contribution in [1.82, 2.24) is 15.1 Å². The number of hydrogen-bond donors (Lipinski definition) is 1. The maximum absolute atomic E-state index is 13.0. The summed E-state index contributed by atoms with van der Waals surface area (Å²) in [6, 6.07) is 5.83. The first kappa shape index (κ1) is 20.4. The van der Waals surface area contributed by atoms with Crippen molar-refractivity contribution in [2.75, 3.05) is 32.7 Å². The van der Waals surface area contributed by atoms with Crippen LogP contribution in [0.2, 0.25) is 0 Å². The molecular weight excluding hydrogens is 333 g/mol. The molecule has 0 spiro atoms. The van der Waals surface area contributed by atoms with E-state index in [0.29, 0.717) is 38.3 Å². The molecule has 2 amide bonds. The fourth-order valence-corrected chi connectivity index (χ4v) is 3.18. The molecule has 0 radical (unpaired) electrons. The highest BCUT2D eigenvalue weighted by atomic mass is 19.1. The lowest BCUT2D eigenvalue weighted by Gasteiger charge is -2.34. The molecule has 0 bridgehead atoms. The zero-order valence-corrected chi connectivity index (χ0v) is 15.8. The van der Waals surface area contributed by atoms with E-state index in [1.54, 1.807) is 4.90 Å². The Morgan fingerprint density at radius 1 is 1.12 bits per heavy atom. The number of piperazine rings is 1. The number of rotatable bonds is 8. The molecule has 1 fully saturated rings. The highest BCUT2D eigenvalue weighted by Gasteiger charge is 2.23. The molecule has 1 aliphatic heterocycles. The van der Waals surface area contributed by atoms with Crippen LogP contribution in [0.4, 0.5) is 4.39 Å². The van der Waals surface area contributed by atoms with Crippen molar-refractivity contribution < 1.29 is 14.0 Å². The molecule has 1 saturated heterocycles. The minimum Gasteiger partial charge on any atom is -0.353 e. The molecule has 1 N–H and O–H groups in total. The zero-order chi connectivity index (χ0) is 18.9. The summed E-state index contributed by atoms with van der Waals surface area (Å²) < 4.78 is 13.0. The first-order valence-electron chi connectivity index (χ1n) is 9.56. The van der Waals surface area contributed by atoms with Crippen molar-refractivity contribution in [2.45, 2.75) is 45.6 Å². The Morgan fingerprint density at radius 3 is 2.38 bits per heavy atom. The van der Waals surface area contributed by atoms with Crippen LogP contribution in [0.15, 0.2) is 24.3 Å². The third-order valence-electron chi connectivity index (χ3n) is 4.77. The molecule has 5 nitrogen and oxygen atoms in total. The third kappa shape index (κ3) is 6.41. The summed E-state index contributed by atoms with van der Waals surface area (Å²) in [7, 11) is 0. The van der Waals surface area contributed by atoms with Crippen LogP contribution in [0.1, 0.15) is 49.9 Å². The Balaban J connectivity index is 1.71. The topological polar surface area (TPSA) is 52.7 Å². The average Bonchev–Trinajstić information content (AvgIpc) is 2.62. The molecular formula is C20H30FN3O2. The number of carbonyl (C=O) groups excluding carboxylic acids is 2. The fourth-order valence-electron chi connectivity index (χ4n) is 3.18. The summed E-state index contributed by atoms with van der Waals surface area (Å²) in [5.74, 6) is -0.382. The van der Waals surface area contributed by atoms with Gasteiger partial charge in [-0.3, -0.25) is 14.5 Å². The summed E-state index contributed by atoms with van der Waals surface area (Å²) in [6.45, 7) is 7.09. The van der Waals surface area contributed by atoms with Gasteiger partial charge in [-0.15, -0.1) is 0 Å². The molecule has 144 valence electrons. The van der Waals surface area contributed by atoms with Crippen LogP contribution in [-0.4, -0.2) is 60.4 Å². The normalized spacial score (nSPS) is 16.3. The van der Waals surface area contributed by atoms with E-state index in [2.05, 4.69) is 17.1 Å². The first-order chi connectivity index (χ1) is 12.5. The maximum atomic E-state index is 13.0. The molecule has 2 rings (SSSR count). The predicted molar refractivity (Wildman–Crippen MR) is 100 cm³/mol. The van der Waals surface area contributed by atoms with Gasteiger partial charge in [0.15, 0.2) is 0 Å². The Hall–Kier alpha value is -1.95. The number of amides is 2. The SMILES string of the molecule is CCCCCC(C)NC(=O)CN1CCN(C(=O)c2ccc(F)cc2)CC1. The van der Waals surface area contributed by atoms with E-state index < -0.39 is 0 Å². The molecule has 0 saturated carbocycles. The van der Waals surface area contributed by atoms with Crippen LogP contribution in [0.5, 0.6) is 0 Å². The average molecular weight is 363 g/mol. The van der Waals surface area contributed by atoms with E-state index in [9.17, 15) is 14.0 Å². The second kappa shape index (κ2) is 10.3. The Kier molecular flexibility index (Phi) is 8.04. The quantitative estimate of drug-likeness (QED) is 0.723. The van der Waals surface area contributed by atoms with Crippen LogP contribution < -0.4 is 5.32 Å². The van der Waals surface area contributed by atoms with E-state index >= 15 is 0 Å². The molecule has 26 heavy (non-hydrogen) atoms. The monoisotopic (exact) mass is 363 g/mol. The van der Waals surface area contributed by atoms with Crippen LogP contribution >= 0.6 is 0 Å². The van der Waals surface area contributed by atoms with Gasteiger partial charge in [0.1, 0.15) is 5.82 Å². The van der Waals surface area contributed by atoms with Gasteiger partial charge in [-0.1, -0.05) is 26.2 Å². The lowest BCUT2D eigenvalue weighted by atomic mass is 10.1. The van der Waals surface area contributed by atoms with Crippen LogP contribution in [-0.2, 0) is 4.79 Å². The Bertz CT molecular complexity index is 583. The highest BCUT2D eigenvalue weighted by molar-refractivity contribution is 5.94. The highest BCUT2D eigenvalue weighted by Crippen LogP contribution is 2.10. The second-order valence-corrected chi connectivity index (χ2v) is 7.04. The minimum atomic E-state index is -0.346. The molecule has 1 aliphatic rings. The molecule has 0 aliphatic carbocycles. The molecule has 0 aromatic heterocycles. The number of carbonyl (C=O) groups is 2. The molecule has 1 heterocycles. The van der Waals surface area contributed by atoms with E-state index in [1.165, 1.54) is 37.1 Å². The van der Waals surface area contributed by atoms with Crippen molar-refractivity contribution in [1.29, 1.82) is 0 Å². The van der Waals surface area contributed by atoms with E-state index in [-0.39, 0.29) is 23.7 Å². The van der Waals surface area contributed by atoms with Crippen molar-refractivity contribution in [3.05, 3.63) is 35.6 Å². The van der Waals surface area contributed by atoms with Gasteiger partial charge in [-0.25, -0.2) is 4.39 Å². The summed E-state index contributed by atoms with van der Waals surface area (Å²) in [4.78, 5) is 28.4.